The van der Waals surface area contributed by atoms with Gasteiger partial charge in [-0.15, -0.1) is 0 Å². The zero-order valence-corrected chi connectivity index (χ0v) is 11.9. The highest BCUT2D eigenvalue weighted by Gasteiger charge is 2.32. The number of benzene rings is 1. The summed E-state index contributed by atoms with van der Waals surface area (Å²) < 4.78 is 18.9. The van der Waals surface area contributed by atoms with Gasteiger partial charge in [-0.25, -0.2) is 4.39 Å². The summed E-state index contributed by atoms with van der Waals surface area (Å²) in [6.45, 7) is 2.53. The van der Waals surface area contributed by atoms with Crippen molar-refractivity contribution in [3.8, 4) is 0 Å². The number of carbonyl (C=O) groups excluding carboxylic acids is 1. The number of aromatic nitrogens is 1. The minimum absolute atomic E-state index is 0.0725. The van der Waals surface area contributed by atoms with Crippen molar-refractivity contribution in [2.75, 3.05) is 6.54 Å². The number of amides is 1. The first-order valence-corrected chi connectivity index (χ1v) is 7.11. The average Bonchev–Trinajstić information content (AvgIpc) is 3.09. The topological polar surface area (TPSA) is 46.3 Å². The first kappa shape index (κ1) is 13.8. The molecule has 0 N–H and O–H groups in total. The van der Waals surface area contributed by atoms with Gasteiger partial charge in [0.2, 0.25) is 5.91 Å². The molecule has 0 bridgehead atoms. The predicted molar refractivity (Wildman–Crippen MR) is 75.0 cm³/mol. The van der Waals surface area contributed by atoms with Crippen molar-refractivity contribution < 1.29 is 13.7 Å². The fourth-order valence-corrected chi connectivity index (χ4v) is 2.81. The van der Waals surface area contributed by atoms with Crippen LogP contribution in [-0.4, -0.2) is 22.5 Å². The lowest BCUT2D eigenvalue weighted by Crippen LogP contribution is -2.31. The van der Waals surface area contributed by atoms with E-state index in [2.05, 4.69) is 5.16 Å². The highest BCUT2D eigenvalue weighted by atomic mass is 19.1. The minimum atomic E-state index is -0.336. The van der Waals surface area contributed by atoms with E-state index in [-0.39, 0.29) is 24.2 Å². The van der Waals surface area contributed by atoms with E-state index in [1.54, 1.807) is 23.1 Å². The molecule has 1 amide bonds. The van der Waals surface area contributed by atoms with Crippen LogP contribution in [0, 0.1) is 12.7 Å². The van der Waals surface area contributed by atoms with Crippen LogP contribution in [0.15, 0.2) is 34.9 Å². The number of likely N-dealkylation sites (tertiary alicyclic amines) is 1. The van der Waals surface area contributed by atoms with Crippen LogP contribution < -0.4 is 0 Å². The largest absolute Gasteiger partial charge is 0.359 e. The molecule has 21 heavy (non-hydrogen) atoms. The van der Waals surface area contributed by atoms with E-state index in [0.29, 0.717) is 17.9 Å². The van der Waals surface area contributed by atoms with Crippen LogP contribution in [0.4, 0.5) is 4.39 Å². The van der Waals surface area contributed by atoms with Gasteiger partial charge < -0.3 is 9.42 Å². The quantitative estimate of drug-likeness (QED) is 0.872. The maximum absolute atomic E-state index is 13.7. The maximum atomic E-state index is 13.7. The number of halogens is 1. The molecule has 1 fully saturated rings. The lowest BCUT2D eigenvalue weighted by Gasteiger charge is -2.22. The molecular formula is C16H17FN2O2. The molecule has 4 nitrogen and oxygen atoms in total. The Hall–Kier alpha value is -2.17. The van der Waals surface area contributed by atoms with Crippen molar-refractivity contribution in [3.05, 3.63) is 53.2 Å². The fourth-order valence-electron chi connectivity index (χ4n) is 2.81. The number of carbonyl (C=O) groups is 1. The lowest BCUT2D eigenvalue weighted by molar-refractivity contribution is -0.131. The molecule has 0 spiro atoms. The SMILES string of the molecule is Cc1cc([C@H]2CCCN2C(=O)Cc2ccccc2F)on1. The van der Waals surface area contributed by atoms with E-state index >= 15 is 0 Å². The second kappa shape index (κ2) is 5.68. The van der Waals surface area contributed by atoms with E-state index in [1.165, 1.54) is 6.07 Å². The minimum Gasteiger partial charge on any atom is -0.359 e. The summed E-state index contributed by atoms with van der Waals surface area (Å²) in [5.41, 5.74) is 1.24. The molecule has 1 saturated heterocycles. The smallest absolute Gasteiger partial charge is 0.227 e. The zero-order chi connectivity index (χ0) is 14.8. The summed E-state index contributed by atoms with van der Waals surface area (Å²) in [4.78, 5) is 14.2. The molecule has 1 aromatic heterocycles. The van der Waals surface area contributed by atoms with Gasteiger partial charge in [0.1, 0.15) is 5.82 Å². The number of nitrogens with zero attached hydrogens (tertiary/aromatic N) is 2. The normalized spacial score (nSPS) is 18.2. The third kappa shape index (κ3) is 2.82. The van der Waals surface area contributed by atoms with E-state index in [1.807, 2.05) is 13.0 Å². The Balaban J connectivity index is 1.76. The maximum Gasteiger partial charge on any atom is 0.227 e. The molecule has 0 aliphatic carbocycles. The van der Waals surface area contributed by atoms with Crippen LogP contribution in [0.25, 0.3) is 0 Å². The van der Waals surface area contributed by atoms with Gasteiger partial charge in [-0.2, -0.15) is 0 Å². The van der Waals surface area contributed by atoms with Gasteiger partial charge in [0.25, 0.3) is 0 Å². The van der Waals surface area contributed by atoms with Gasteiger partial charge in [-0.05, 0) is 31.4 Å². The summed E-state index contributed by atoms with van der Waals surface area (Å²) in [6, 6.07) is 8.18. The molecule has 110 valence electrons. The van der Waals surface area contributed by atoms with Gasteiger partial charge in [-0.1, -0.05) is 23.4 Å². The fraction of sp³-hybridized carbons (Fsp3) is 0.375. The molecule has 1 aliphatic heterocycles. The zero-order valence-electron chi connectivity index (χ0n) is 11.9. The van der Waals surface area contributed by atoms with Gasteiger partial charge >= 0.3 is 0 Å². The molecule has 0 radical (unpaired) electrons. The molecule has 1 aromatic carbocycles. The Morgan fingerprint density at radius 1 is 1.48 bits per heavy atom. The second-order valence-corrected chi connectivity index (χ2v) is 5.38. The molecule has 0 unspecified atom stereocenters. The molecule has 2 heterocycles. The average molecular weight is 288 g/mol. The first-order chi connectivity index (χ1) is 10.1. The molecule has 1 aliphatic rings. The Morgan fingerprint density at radius 3 is 3.00 bits per heavy atom. The van der Waals surface area contributed by atoms with Crippen molar-refractivity contribution in [2.24, 2.45) is 0 Å². The molecule has 0 saturated carbocycles. The highest BCUT2D eigenvalue weighted by Crippen LogP contribution is 2.32. The number of aryl methyl sites for hydroxylation is 1. The molecule has 2 aromatic rings. The summed E-state index contributed by atoms with van der Waals surface area (Å²) in [6.07, 6.45) is 1.86. The molecule has 5 heteroatoms. The molecule has 1 atom stereocenters. The van der Waals surface area contributed by atoms with E-state index < -0.39 is 0 Å². The Kier molecular flexibility index (Phi) is 3.73. The van der Waals surface area contributed by atoms with Crippen molar-refractivity contribution in [2.45, 2.75) is 32.2 Å². The highest BCUT2D eigenvalue weighted by molar-refractivity contribution is 5.79. The van der Waals surface area contributed by atoms with Crippen LogP contribution in [0.3, 0.4) is 0 Å². The van der Waals surface area contributed by atoms with Crippen molar-refractivity contribution in [1.82, 2.24) is 10.1 Å². The molecular weight excluding hydrogens is 271 g/mol. The summed E-state index contributed by atoms with van der Waals surface area (Å²) in [5, 5.41) is 3.88. The Bertz CT molecular complexity index is 653. The lowest BCUT2D eigenvalue weighted by atomic mass is 10.1. The predicted octanol–water partition coefficient (Wildman–Crippen LogP) is 3.03. The number of hydrogen-bond donors (Lipinski definition) is 0. The summed E-state index contributed by atoms with van der Waals surface area (Å²) in [5.74, 6) is 0.306. The van der Waals surface area contributed by atoms with Crippen LogP contribution in [0.2, 0.25) is 0 Å². The van der Waals surface area contributed by atoms with Gasteiger partial charge in [0.05, 0.1) is 18.2 Å². The number of rotatable bonds is 3. The first-order valence-electron chi connectivity index (χ1n) is 7.11. The third-order valence-corrected chi connectivity index (χ3v) is 3.85. The monoisotopic (exact) mass is 288 g/mol. The molecule has 3 rings (SSSR count). The van der Waals surface area contributed by atoms with Gasteiger partial charge in [-0.3, -0.25) is 4.79 Å². The van der Waals surface area contributed by atoms with Crippen molar-refractivity contribution in [3.63, 3.8) is 0 Å². The summed E-state index contributed by atoms with van der Waals surface area (Å²) in [7, 11) is 0. The standard InChI is InChI=1S/C16H17FN2O2/c1-11-9-15(21-18-11)14-7-4-8-19(14)16(20)10-12-5-2-3-6-13(12)17/h2-3,5-6,9,14H,4,7-8,10H2,1H3/t14-/m1/s1. The van der Waals surface area contributed by atoms with Crippen LogP contribution in [0.5, 0.6) is 0 Å². The van der Waals surface area contributed by atoms with E-state index in [9.17, 15) is 9.18 Å². The van der Waals surface area contributed by atoms with Gasteiger partial charge in [0, 0.05) is 12.6 Å². The third-order valence-electron chi connectivity index (χ3n) is 3.85. The van der Waals surface area contributed by atoms with E-state index in [0.717, 1.165) is 18.5 Å². The summed E-state index contributed by atoms with van der Waals surface area (Å²) >= 11 is 0. The van der Waals surface area contributed by atoms with Gasteiger partial charge in [0.15, 0.2) is 5.76 Å². The van der Waals surface area contributed by atoms with E-state index in [4.69, 9.17) is 4.52 Å². The van der Waals surface area contributed by atoms with Crippen LogP contribution >= 0.6 is 0 Å². The van der Waals surface area contributed by atoms with Crippen molar-refractivity contribution >= 4 is 5.91 Å². The Labute approximate surface area is 122 Å². The second-order valence-electron chi connectivity index (χ2n) is 5.38. The van der Waals surface area contributed by atoms with Crippen molar-refractivity contribution in [1.29, 1.82) is 0 Å². The Morgan fingerprint density at radius 2 is 2.29 bits per heavy atom. The van der Waals surface area contributed by atoms with Crippen LogP contribution in [0.1, 0.15) is 35.9 Å². The van der Waals surface area contributed by atoms with Crippen LogP contribution in [-0.2, 0) is 11.2 Å². The number of hydrogen-bond acceptors (Lipinski definition) is 3.